The van der Waals surface area contributed by atoms with Crippen LogP contribution in [-0.2, 0) is 6.54 Å². The highest BCUT2D eigenvalue weighted by Gasteiger charge is 2.24. The van der Waals surface area contributed by atoms with E-state index in [1.165, 1.54) is 17.0 Å². The molecule has 3 N–H and O–H groups in total. The lowest BCUT2D eigenvalue weighted by atomic mass is 10.0. The molecule has 2 aromatic carbocycles. The van der Waals surface area contributed by atoms with E-state index in [1.54, 1.807) is 20.2 Å². The summed E-state index contributed by atoms with van der Waals surface area (Å²) < 4.78 is 5.71. The van der Waals surface area contributed by atoms with E-state index >= 15 is 0 Å². The van der Waals surface area contributed by atoms with E-state index < -0.39 is 10.9 Å². The highest BCUT2D eigenvalue weighted by atomic mass is 16.3. The number of para-hydroxylation sites is 1. The molecule has 3 rings (SSSR count). The van der Waals surface area contributed by atoms with Crippen molar-refractivity contribution in [2.24, 2.45) is 0 Å². The molecule has 0 saturated carbocycles. The van der Waals surface area contributed by atoms with Crippen molar-refractivity contribution in [2.75, 3.05) is 24.7 Å². The average molecular weight is 442 g/mol. The number of nitrogens with one attached hydrogen (secondary N) is 2. The Morgan fingerprint density at radius 1 is 1.12 bits per heavy atom. The van der Waals surface area contributed by atoms with Crippen LogP contribution < -0.4 is 21.5 Å². The van der Waals surface area contributed by atoms with Gasteiger partial charge in [-0.2, -0.15) is 0 Å². The Bertz CT molecular complexity index is 1170. The number of amides is 1. The van der Waals surface area contributed by atoms with Gasteiger partial charge in [0, 0.05) is 14.1 Å². The normalized spacial score (nSPS) is 10.6. The summed E-state index contributed by atoms with van der Waals surface area (Å²) in [6, 6.07) is 6.51. The lowest BCUT2D eigenvalue weighted by Crippen LogP contribution is -2.36. The molecule has 1 aromatic heterocycles. The molecule has 1 amide bonds. The summed E-state index contributed by atoms with van der Waals surface area (Å²) in [7, 11) is 3.14. The number of hydrogen-bond donors (Lipinski definition) is 3. The predicted octanol–water partition coefficient (Wildman–Crippen LogP) is 4.10. The second-order valence-electron chi connectivity index (χ2n) is 7.67. The van der Waals surface area contributed by atoms with Crippen molar-refractivity contribution in [1.29, 1.82) is 0 Å². The molecular formula is C24H31N3O5. The molecule has 0 unspecified atom stereocenters. The number of carbonyl (C=O) groups excluding carboxylic acids is 1. The van der Waals surface area contributed by atoms with Crippen LogP contribution in [-0.4, -0.2) is 30.0 Å². The van der Waals surface area contributed by atoms with Crippen molar-refractivity contribution < 1.29 is 14.3 Å². The number of rotatable bonds is 7. The van der Waals surface area contributed by atoms with Crippen LogP contribution in [0.1, 0.15) is 61.1 Å². The maximum atomic E-state index is 12.2. The molecule has 8 heteroatoms. The number of benzene rings is 1. The Labute approximate surface area is 187 Å². The maximum Gasteiger partial charge on any atom is 0.257 e. The third-order valence-electron chi connectivity index (χ3n) is 4.91. The first-order valence-electron chi connectivity index (χ1n) is 10.6. The summed E-state index contributed by atoms with van der Waals surface area (Å²) in [5.41, 5.74) is 0.146. The fraction of sp³-hybridized carbons (Fsp3) is 0.375. The van der Waals surface area contributed by atoms with Gasteiger partial charge in [-0.1, -0.05) is 33.8 Å². The Hall–Kier alpha value is -3.55. The van der Waals surface area contributed by atoms with E-state index in [-0.39, 0.29) is 40.8 Å². The molecule has 0 atom stereocenters. The van der Waals surface area contributed by atoms with Crippen LogP contribution in [0.4, 0.5) is 17.1 Å². The number of aromatic hydroxyl groups is 1. The van der Waals surface area contributed by atoms with E-state index in [4.69, 9.17) is 4.42 Å². The van der Waals surface area contributed by atoms with Gasteiger partial charge in [0.2, 0.25) is 0 Å². The fourth-order valence-electron chi connectivity index (χ4n) is 3.27. The first-order valence-corrected chi connectivity index (χ1v) is 10.6. The summed E-state index contributed by atoms with van der Waals surface area (Å²) in [4.78, 5) is 37.7. The van der Waals surface area contributed by atoms with Gasteiger partial charge in [-0.25, -0.2) is 0 Å². The van der Waals surface area contributed by atoms with Gasteiger partial charge in [-0.15, -0.1) is 0 Å². The number of furan rings is 1. The van der Waals surface area contributed by atoms with E-state index in [0.717, 1.165) is 11.3 Å². The largest absolute Gasteiger partial charge is 0.505 e. The van der Waals surface area contributed by atoms with Gasteiger partial charge in [0.25, 0.3) is 16.8 Å². The molecule has 0 saturated heterocycles. The number of carbonyl (C=O) groups is 1. The van der Waals surface area contributed by atoms with Gasteiger partial charge in [-0.3, -0.25) is 14.4 Å². The highest BCUT2D eigenvalue weighted by Crippen LogP contribution is 2.32. The monoisotopic (exact) mass is 441 g/mol. The van der Waals surface area contributed by atoms with Crippen LogP contribution in [0.15, 0.2) is 38.3 Å². The molecule has 32 heavy (non-hydrogen) atoms. The van der Waals surface area contributed by atoms with Crippen LogP contribution in [0, 0.1) is 6.92 Å². The number of phenols is 1. The van der Waals surface area contributed by atoms with E-state index in [2.05, 4.69) is 24.5 Å². The Morgan fingerprint density at radius 3 is 2.31 bits per heavy atom. The zero-order valence-electron chi connectivity index (χ0n) is 19.6. The third-order valence-corrected chi connectivity index (χ3v) is 4.91. The Morgan fingerprint density at radius 2 is 1.75 bits per heavy atom. The van der Waals surface area contributed by atoms with Gasteiger partial charge in [-0.05, 0) is 36.6 Å². The maximum absolute atomic E-state index is 12.2. The van der Waals surface area contributed by atoms with E-state index in [9.17, 15) is 19.5 Å². The topological polar surface area (TPSA) is 112 Å². The molecule has 0 bridgehead atoms. The van der Waals surface area contributed by atoms with Gasteiger partial charge >= 0.3 is 0 Å². The van der Waals surface area contributed by atoms with Crippen LogP contribution >= 0.6 is 0 Å². The molecular weight excluding hydrogens is 410 g/mol. The summed E-state index contributed by atoms with van der Waals surface area (Å²) in [6.45, 7) is 10.2. The summed E-state index contributed by atoms with van der Waals surface area (Å²) in [5, 5.41) is 16.2. The molecule has 0 spiro atoms. The van der Waals surface area contributed by atoms with Crippen LogP contribution in [0.5, 0.6) is 5.75 Å². The zero-order valence-corrected chi connectivity index (χ0v) is 19.6. The number of hydrogen-bond acceptors (Lipinski definition) is 7. The van der Waals surface area contributed by atoms with Gasteiger partial charge in [0.1, 0.15) is 22.9 Å². The molecule has 0 fully saturated rings. The number of nitrogens with zero attached hydrogens (tertiary/aromatic N) is 1. The highest BCUT2D eigenvalue weighted by molar-refractivity contribution is 5.99. The predicted molar refractivity (Wildman–Crippen MR) is 127 cm³/mol. The van der Waals surface area contributed by atoms with Crippen molar-refractivity contribution >= 4 is 23.0 Å². The molecule has 0 aliphatic rings. The molecule has 8 nitrogen and oxygen atoms in total. The molecule has 3 aromatic rings. The number of anilines is 3. The van der Waals surface area contributed by atoms with E-state index in [1.807, 2.05) is 26.8 Å². The summed E-state index contributed by atoms with van der Waals surface area (Å²) >= 11 is 0. The Balaban J connectivity index is 0.00000176. The van der Waals surface area contributed by atoms with Crippen LogP contribution in [0.3, 0.4) is 0 Å². The van der Waals surface area contributed by atoms with Crippen molar-refractivity contribution in [2.45, 2.75) is 47.1 Å². The lowest BCUT2D eigenvalue weighted by molar-refractivity contribution is 0.0824. The fourth-order valence-corrected chi connectivity index (χ4v) is 3.27. The first-order chi connectivity index (χ1) is 15.1. The average Bonchev–Trinajstić information content (AvgIpc) is 3.15. The SMILES string of the molecule is CC.Cc1oc(CNc2c(Nc3cccc(C(=O)N(C)C)c3O)c(=O)c2=O)cc1C(C)C. The number of aryl methyl sites for hydroxylation is 1. The minimum Gasteiger partial charge on any atom is -0.505 e. The minimum absolute atomic E-state index is 0.0390. The minimum atomic E-state index is -0.695. The van der Waals surface area contributed by atoms with Crippen LogP contribution in [0.2, 0.25) is 0 Å². The van der Waals surface area contributed by atoms with Gasteiger partial charge in [0.05, 0.1) is 17.8 Å². The third kappa shape index (κ3) is 4.85. The summed E-state index contributed by atoms with van der Waals surface area (Å²) in [5.74, 6) is 1.10. The van der Waals surface area contributed by atoms with Crippen molar-refractivity contribution in [3.8, 4) is 5.75 Å². The number of phenolic OH excluding ortho intramolecular Hbond substituents is 1. The first kappa shape index (κ1) is 24.7. The summed E-state index contributed by atoms with van der Waals surface area (Å²) in [6.07, 6.45) is 0. The smallest absolute Gasteiger partial charge is 0.257 e. The standard InChI is InChI=1S/C22H25N3O5.C2H6/c1-11(2)15-9-13(30-12(15)3)10-23-17-18(21(28)20(17)27)24-16-8-6-7-14(19(16)26)22(29)25(4)5;1-2/h6-9,11,23-24,26H,10H2,1-5H3;1-2H3. The second-order valence-corrected chi connectivity index (χ2v) is 7.67. The van der Waals surface area contributed by atoms with Crippen molar-refractivity contribution in [3.63, 3.8) is 0 Å². The quantitative estimate of drug-likeness (QED) is 0.374. The molecule has 0 radical (unpaired) electrons. The lowest BCUT2D eigenvalue weighted by Gasteiger charge is -2.17. The Kier molecular flexibility index (Phi) is 7.86. The van der Waals surface area contributed by atoms with Crippen molar-refractivity contribution in [1.82, 2.24) is 4.90 Å². The van der Waals surface area contributed by atoms with Gasteiger partial charge in [0.15, 0.2) is 5.75 Å². The molecule has 0 aliphatic carbocycles. The molecule has 172 valence electrons. The second kappa shape index (κ2) is 10.2. The van der Waals surface area contributed by atoms with E-state index in [0.29, 0.717) is 11.7 Å². The van der Waals surface area contributed by atoms with Crippen LogP contribution in [0.25, 0.3) is 0 Å². The van der Waals surface area contributed by atoms with Gasteiger partial charge < -0.3 is 25.1 Å². The molecule has 1 heterocycles. The van der Waals surface area contributed by atoms with Crippen molar-refractivity contribution in [3.05, 3.63) is 67.4 Å². The molecule has 0 aliphatic heterocycles. The zero-order chi connectivity index (χ0) is 24.2.